The molecule has 0 aliphatic carbocycles. The topological polar surface area (TPSA) is 35.8 Å². The van der Waals surface area contributed by atoms with Gasteiger partial charge in [0.1, 0.15) is 6.07 Å². The van der Waals surface area contributed by atoms with Gasteiger partial charge in [0.2, 0.25) is 0 Å². The van der Waals surface area contributed by atoms with Gasteiger partial charge in [-0.1, -0.05) is 23.7 Å². The summed E-state index contributed by atoms with van der Waals surface area (Å²) in [6.07, 6.45) is 1.03. The minimum absolute atomic E-state index is 0.208. The summed E-state index contributed by atoms with van der Waals surface area (Å²) in [4.78, 5) is 1.27. The van der Waals surface area contributed by atoms with Gasteiger partial charge in [-0.2, -0.15) is 5.26 Å². The van der Waals surface area contributed by atoms with E-state index in [0.717, 1.165) is 22.9 Å². The lowest BCUT2D eigenvalue weighted by atomic mass is 10.0. The van der Waals surface area contributed by atoms with E-state index in [1.165, 1.54) is 10.5 Å². The smallest absolute Gasteiger partial charge is 0.101 e. The quantitative estimate of drug-likeness (QED) is 0.860. The van der Waals surface area contributed by atoms with Crippen molar-refractivity contribution in [2.45, 2.75) is 17.4 Å². The summed E-state index contributed by atoms with van der Waals surface area (Å²) >= 11 is 7.97. The third-order valence-corrected chi connectivity index (χ3v) is 4.75. The molecule has 4 heteroatoms. The van der Waals surface area contributed by atoms with Crippen LogP contribution in [0.1, 0.15) is 23.6 Å². The zero-order chi connectivity index (χ0) is 13.9. The van der Waals surface area contributed by atoms with E-state index in [1.54, 1.807) is 0 Å². The normalized spacial score (nSPS) is 17.1. The number of hydrogen-bond acceptors (Lipinski definition) is 3. The molecule has 0 spiro atoms. The van der Waals surface area contributed by atoms with Crippen LogP contribution in [0.4, 0.5) is 5.69 Å². The molecule has 2 aromatic rings. The van der Waals surface area contributed by atoms with Crippen molar-refractivity contribution in [3.05, 3.63) is 58.6 Å². The zero-order valence-corrected chi connectivity index (χ0v) is 12.3. The van der Waals surface area contributed by atoms with Crippen molar-refractivity contribution in [2.24, 2.45) is 0 Å². The maximum absolute atomic E-state index is 9.17. The van der Waals surface area contributed by atoms with Crippen molar-refractivity contribution < 1.29 is 0 Å². The first-order valence-corrected chi connectivity index (χ1v) is 7.82. The summed E-state index contributed by atoms with van der Waals surface area (Å²) in [5.41, 5.74) is 2.79. The highest BCUT2D eigenvalue weighted by molar-refractivity contribution is 7.99. The number of rotatable bonds is 2. The second kappa shape index (κ2) is 5.78. The molecule has 0 aromatic heterocycles. The van der Waals surface area contributed by atoms with Crippen molar-refractivity contribution in [3.8, 4) is 6.07 Å². The summed E-state index contributed by atoms with van der Waals surface area (Å²) in [6, 6.07) is 16.1. The van der Waals surface area contributed by atoms with Crippen molar-refractivity contribution in [1.82, 2.24) is 0 Å². The number of anilines is 1. The van der Waals surface area contributed by atoms with Crippen LogP contribution < -0.4 is 5.32 Å². The van der Waals surface area contributed by atoms with Gasteiger partial charge in [0.05, 0.1) is 17.3 Å². The van der Waals surface area contributed by atoms with Gasteiger partial charge in [0, 0.05) is 15.7 Å². The SMILES string of the molecule is N#Cc1ccccc1NC1CCSc2ccc(Cl)cc21. The molecular weight excluding hydrogens is 288 g/mol. The minimum Gasteiger partial charge on any atom is -0.377 e. The average molecular weight is 301 g/mol. The number of nitrogens with zero attached hydrogens (tertiary/aromatic N) is 1. The van der Waals surface area contributed by atoms with Crippen molar-refractivity contribution in [1.29, 1.82) is 5.26 Å². The molecule has 0 amide bonds. The molecule has 1 heterocycles. The summed E-state index contributed by atoms with van der Waals surface area (Å²) in [7, 11) is 0. The number of nitrogens with one attached hydrogen (secondary N) is 1. The fourth-order valence-electron chi connectivity index (χ4n) is 2.41. The van der Waals surface area contributed by atoms with E-state index in [1.807, 2.05) is 48.2 Å². The molecule has 2 aromatic carbocycles. The van der Waals surface area contributed by atoms with Gasteiger partial charge in [0.15, 0.2) is 0 Å². The van der Waals surface area contributed by atoms with Crippen LogP contribution in [0.2, 0.25) is 5.02 Å². The molecule has 0 radical (unpaired) electrons. The number of fused-ring (bicyclic) bond motifs is 1. The van der Waals surface area contributed by atoms with E-state index in [0.29, 0.717) is 5.56 Å². The minimum atomic E-state index is 0.208. The first-order valence-electron chi connectivity index (χ1n) is 6.46. The van der Waals surface area contributed by atoms with Crippen LogP contribution in [0.25, 0.3) is 0 Å². The molecule has 1 unspecified atom stereocenters. The van der Waals surface area contributed by atoms with Gasteiger partial charge < -0.3 is 5.32 Å². The van der Waals surface area contributed by atoms with Crippen LogP contribution in [0, 0.1) is 11.3 Å². The maximum Gasteiger partial charge on any atom is 0.101 e. The lowest BCUT2D eigenvalue weighted by molar-refractivity contribution is 0.728. The van der Waals surface area contributed by atoms with E-state index in [-0.39, 0.29) is 6.04 Å². The van der Waals surface area contributed by atoms with Gasteiger partial charge in [-0.15, -0.1) is 11.8 Å². The summed E-state index contributed by atoms with van der Waals surface area (Å²) in [5.74, 6) is 1.07. The highest BCUT2D eigenvalue weighted by Crippen LogP contribution is 2.39. The fourth-order valence-corrected chi connectivity index (χ4v) is 3.70. The van der Waals surface area contributed by atoms with E-state index in [2.05, 4.69) is 17.5 Å². The molecule has 2 nitrogen and oxygen atoms in total. The molecule has 0 saturated heterocycles. The second-order valence-electron chi connectivity index (χ2n) is 4.67. The average Bonchev–Trinajstić information content (AvgIpc) is 2.48. The fraction of sp³-hybridized carbons (Fsp3) is 0.188. The molecule has 1 atom stereocenters. The third kappa shape index (κ3) is 2.63. The Balaban J connectivity index is 1.94. The highest BCUT2D eigenvalue weighted by atomic mass is 35.5. The Morgan fingerprint density at radius 3 is 2.95 bits per heavy atom. The number of halogens is 1. The Labute approximate surface area is 127 Å². The van der Waals surface area contributed by atoms with Crippen LogP contribution in [-0.2, 0) is 0 Å². The molecule has 0 bridgehead atoms. The molecule has 0 fully saturated rings. The zero-order valence-electron chi connectivity index (χ0n) is 10.8. The van der Waals surface area contributed by atoms with E-state index in [9.17, 15) is 5.26 Å². The molecule has 1 aliphatic rings. The monoisotopic (exact) mass is 300 g/mol. The highest BCUT2D eigenvalue weighted by Gasteiger charge is 2.21. The first-order chi connectivity index (χ1) is 9.78. The van der Waals surface area contributed by atoms with Gasteiger partial charge in [-0.05, 0) is 42.3 Å². The number of benzene rings is 2. The van der Waals surface area contributed by atoms with E-state index in [4.69, 9.17) is 11.6 Å². The van der Waals surface area contributed by atoms with Crippen LogP contribution in [0.15, 0.2) is 47.4 Å². The van der Waals surface area contributed by atoms with Crippen molar-refractivity contribution in [2.75, 3.05) is 11.1 Å². The molecule has 1 N–H and O–H groups in total. The van der Waals surface area contributed by atoms with Crippen LogP contribution in [-0.4, -0.2) is 5.75 Å². The predicted octanol–water partition coefficient (Wildman–Crippen LogP) is 4.86. The predicted molar refractivity (Wildman–Crippen MR) is 84.3 cm³/mol. The Morgan fingerprint density at radius 2 is 2.10 bits per heavy atom. The number of thioether (sulfide) groups is 1. The molecule has 20 heavy (non-hydrogen) atoms. The Hall–Kier alpha value is -1.63. The molecule has 0 saturated carbocycles. The Kier molecular flexibility index (Phi) is 3.86. The molecule has 100 valence electrons. The van der Waals surface area contributed by atoms with E-state index >= 15 is 0 Å². The summed E-state index contributed by atoms with van der Waals surface area (Å²) in [5, 5.41) is 13.4. The Bertz CT molecular complexity index is 678. The maximum atomic E-state index is 9.17. The Morgan fingerprint density at radius 1 is 1.25 bits per heavy atom. The molecule has 1 aliphatic heterocycles. The van der Waals surface area contributed by atoms with Gasteiger partial charge in [-0.25, -0.2) is 0 Å². The lowest BCUT2D eigenvalue weighted by Gasteiger charge is -2.27. The van der Waals surface area contributed by atoms with Gasteiger partial charge >= 0.3 is 0 Å². The van der Waals surface area contributed by atoms with Crippen LogP contribution >= 0.6 is 23.4 Å². The van der Waals surface area contributed by atoms with Crippen LogP contribution in [0.3, 0.4) is 0 Å². The number of nitriles is 1. The molecule has 3 rings (SSSR count). The van der Waals surface area contributed by atoms with Crippen molar-refractivity contribution in [3.63, 3.8) is 0 Å². The number of hydrogen-bond donors (Lipinski definition) is 1. The standard InChI is InChI=1S/C16H13ClN2S/c17-12-5-6-16-13(9-12)15(7-8-20-16)19-14-4-2-1-3-11(14)10-18/h1-6,9,15,19H,7-8H2. The van der Waals surface area contributed by atoms with Crippen LogP contribution in [0.5, 0.6) is 0 Å². The van der Waals surface area contributed by atoms with Gasteiger partial charge in [0.25, 0.3) is 0 Å². The first kappa shape index (κ1) is 13.4. The lowest BCUT2D eigenvalue weighted by Crippen LogP contribution is -2.16. The number of para-hydroxylation sites is 1. The van der Waals surface area contributed by atoms with E-state index < -0.39 is 0 Å². The third-order valence-electron chi connectivity index (χ3n) is 3.39. The van der Waals surface area contributed by atoms with Crippen molar-refractivity contribution >= 4 is 29.1 Å². The molecular formula is C16H13ClN2S. The summed E-state index contributed by atoms with van der Waals surface area (Å²) in [6.45, 7) is 0. The largest absolute Gasteiger partial charge is 0.377 e. The summed E-state index contributed by atoms with van der Waals surface area (Å²) < 4.78 is 0. The van der Waals surface area contributed by atoms with Gasteiger partial charge in [-0.3, -0.25) is 0 Å². The second-order valence-corrected chi connectivity index (χ2v) is 6.25.